The van der Waals surface area contributed by atoms with Crippen molar-refractivity contribution in [3.63, 3.8) is 0 Å². The molecule has 5 rings (SSSR count). The van der Waals surface area contributed by atoms with Crippen LogP contribution in [0.2, 0.25) is 0 Å². The molecule has 0 saturated carbocycles. The molecule has 1 aliphatic rings. The minimum absolute atomic E-state index is 0.0277. The fourth-order valence-corrected chi connectivity index (χ4v) is 6.12. The van der Waals surface area contributed by atoms with Crippen LogP contribution in [0.15, 0.2) is 120 Å². The Morgan fingerprint density at radius 2 is 1.66 bits per heavy atom. The van der Waals surface area contributed by atoms with Crippen molar-refractivity contribution in [3.8, 4) is 11.1 Å². The van der Waals surface area contributed by atoms with Gasteiger partial charge in [0, 0.05) is 24.5 Å². The van der Waals surface area contributed by atoms with E-state index in [4.69, 9.17) is 4.99 Å². The Hall–Kier alpha value is -4.63. The Labute approximate surface area is 263 Å². The smallest absolute Gasteiger partial charge is 0.0696 e. The molecule has 4 aromatic rings. The zero-order valence-corrected chi connectivity index (χ0v) is 26.7. The lowest BCUT2D eigenvalue weighted by Crippen LogP contribution is -2.36. The van der Waals surface area contributed by atoms with Gasteiger partial charge in [-0.15, -0.1) is 0 Å². The molecule has 0 aliphatic carbocycles. The highest BCUT2D eigenvalue weighted by molar-refractivity contribution is 5.73. The molecule has 3 heteroatoms. The summed E-state index contributed by atoms with van der Waals surface area (Å²) in [6.07, 6.45) is 9.56. The Morgan fingerprint density at radius 3 is 2.43 bits per heavy atom. The molecule has 0 saturated heterocycles. The highest BCUT2D eigenvalue weighted by Gasteiger charge is 2.19. The van der Waals surface area contributed by atoms with E-state index in [-0.39, 0.29) is 6.04 Å². The first-order valence-electron chi connectivity index (χ1n) is 15.8. The van der Waals surface area contributed by atoms with Gasteiger partial charge in [-0.05, 0) is 115 Å². The number of aryl methyl sites for hydroxylation is 2. The summed E-state index contributed by atoms with van der Waals surface area (Å²) in [5, 5.41) is 9.98. The standard InChI is InChI=1S/C41H45N3/c1-6-33(38-21-12-11-15-29(38)3)28-40(39(7-2)42-24-22-32-16-9-8-10-17-32)44-31(5)34-18-13-19-35(26-34)37-25-30(4)41-36(27-37)20-14-23-43-41/h6-13,15-21,25-27,40,42,44H,5,14,22-24,28H2,1-4H3/b33-6-,39-7-. The molecule has 0 fully saturated rings. The fourth-order valence-electron chi connectivity index (χ4n) is 6.12. The van der Waals surface area contributed by atoms with Gasteiger partial charge in [0.1, 0.15) is 0 Å². The second-order valence-electron chi connectivity index (χ2n) is 11.6. The first kappa shape index (κ1) is 30.8. The van der Waals surface area contributed by atoms with Gasteiger partial charge in [0.25, 0.3) is 0 Å². The molecule has 1 heterocycles. The third-order valence-electron chi connectivity index (χ3n) is 8.52. The molecule has 2 N–H and O–H groups in total. The molecule has 4 aromatic carbocycles. The van der Waals surface area contributed by atoms with Crippen LogP contribution in [0.25, 0.3) is 28.5 Å². The van der Waals surface area contributed by atoms with Crippen molar-refractivity contribution >= 4 is 17.3 Å². The topological polar surface area (TPSA) is 36.4 Å². The van der Waals surface area contributed by atoms with Gasteiger partial charge in [0.15, 0.2) is 0 Å². The summed E-state index contributed by atoms with van der Waals surface area (Å²) < 4.78 is 0. The van der Waals surface area contributed by atoms with Crippen molar-refractivity contribution in [1.29, 1.82) is 0 Å². The molecular formula is C41H45N3. The molecule has 0 radical (unpaired) electrons. The third-order valence-corrected chi connectivity index (χ3v) is 8.52. The van der Waals surface area contributed by atoms with E-state index in [0.717, 1.165) is 49.0 Å². The van der Waals surface area contributed by atoms with Crippen LogP contribution in [-0.2, 0) is 6.42 Å². The van der Waals surface area contributed by atoms with Crippen LogP contribution < -0.4 is 21.2 Å². The van der Waals surface area contributed by atoms with Gasteiger partial charge < -0.3 is 10.6 Å². The normalized spacial score (nSPS) is 13.7. The molecule has 224 valence electrons. The van der Waals surface area contributed by atoms with Crippen molar-refractivity contribution in [3.05, 3.63) is 154 Å². The van der Waals surface area contributed by atoms with Crippen LogP contribution in [0, 0.1) is 13.8 Å². The minimum Gasteiger partial charge on any atom is -0.387 e. The predicted octanol–water partition coefficient (Wildman–Crippen LogP) is 7.93. The summed E-state index contributed by atoms with van der Waals surface area (Å²) >= 11 is 0. The number of rotatable bonds is 12. The van der Waals surface area contributed by atoms with E-state index in [9.17, 15) is 0 Å². The molecule has 0 spiro atoms. The third kappa shape index (κ3) is 7.47. The van der Waals surface area contributed by atoms with E-state index in [0.29, 0.717) is 0 Å². The lowest BCUT2D eigenvalue weighted by Gasteiger charge is -2.27. The molecule has 0 aromatic heterocycles. The van der Waals surface area contributed by atoms with E-state index in [1.54, 1.807) is 0 Å². The van der Waals surface area contributed by atoms with E-state index in [1.165, 1.54) is 49.9 Å². The van der Waals surface area contributed by atoms with Crippen LogP contribution in [0.1, 0.15) is 54.5 Å². The number of nitrogens with zero attached hydrogens (tertiary/aromatic N) is 1. The van der Waals surface area contributed by atoms with Crippen molar-refractivity contribution in [2.45, 2.75) is 53.0 Å². The van der Waals surface area contributed by atoms with Crippen LogP contribution in [0.4, 0.5) is 0 Å². The summed E-state index contributed by atoms with van der Waals surface area (Å²) in [5.41, 5.74) is 12.0. The lowest BCUT2D eigenvalue weighted by atomic mass is 9.93. The summed E-state index contributed by atoms with van der Waals surface area (Å²) in [6.45, 7) is 14.9. The van der Waals surface area contributed by atoms with Crippen LogP contribution in [0.3, 0.4) is 0 Å². The van der Waals surface area contributed by atoms with Gasteiger partial charge in [-0.3, -0.25) is 4.99 Å². The average molecular weight is 580 g/mol. The van der Waals surface area contributed by atoms with E-state index in [2.05, 4.69) is 154 Å². The van der Waals surface area contributed by atoms with Crippen LogP contribution in [-0.4, -0.2) is 19.1 Å². The number of benzene rings is 4. The maximum Gasteiger partial charge on any atom is 0.0696 e. The second-order valence-corrected chi connectivity index (χ2v) is 11.6. The summed E-state index contributed by atoms with van der Waals surface area (Å²) in [5.74, 6) is 0. The maximum absolute atomic E-state index is 4.76. The van der Waals surface area contributed by atoms with Gasteiger partial charge in [0.05, 0.1) is 11.4 Å². The van der Waals surface area contributed by atoms with E-state index < -0.39 is 0 Å². The summed E-state index contributed by atoms with van der Waals surface area (Å²) in [4.78, 5) is 4.76. The quantitative estimate of drug-likeness (QED) is 0.179. The van der Waals surface area contributed by atoms with Crippen molar-refractivity contribution in [2.75, 3.05) is 13.1 Å². The van der Waals surface area contributed by atoms with Crippen molar-refractivity contribution < 1.29 is 0 Å². The molecule has 0 bridgehead atoms. The molecule has 44 heavy (non-hydrogen) atoms. The molecule has 3 nitrogen and oxygen atoms in total. The zero-order chi connectivity index (χ0) is 30.9. The number of allylic oxidation sites excluding steroid dienone is 2. The van der Waals surface area contributed by atoms with E-state index >= 15 is 0 Å². The second kappa shape index (κ2) is 14.7. The van der Waals surface area contributed by atoms with Gasteiger partial charge >= 0.3 is 0 Å². The largest absolute Gasteiger partial charge is 0.387 e. The lowest BCUT2D eigenvalue weighted by molar-refractivity contribution is 0.619. The average Bonchev–Trinajstić information content (AvgIpc) is 3.06. The molecular weight excluding hydrogens is 534 g/mol. The Kier molecular flexibility index (Phi) is 10.3. The summed E-state index contributed by atoms with van der Waals surface area (Å²) in [7, 11) is 0. The van der Waals surface area contributed by atoms with E-state index in [1.807, 2.05) is 0 Å². The predicted molar refractivity (Wildman–Crippen MR) is 189 cm³/mol. The van der Waals surface area contributed by atoms with Crippen LogP contribution >= 0.6 is 0 Å². The van der Waals surface area contributed by atoms with Crippen molar-refractivity contribution in [1.82, 2.24) is 10.6 Å². The summed E-state index contributed by atoms with van der Waals surface area (Å²) in [6, 6.07) is 32.6. The van der Waals surface area contributed by atoms with Gasteiger partial charge in [-0.2, -0.15) is 0 Å². The van der Waals surface area contributed by atoms with Crippen molar-refractivity contribution in [2.24, 2.45) is 4.99 Å². The number of hydrogen-bond acceptors (Lipinski definition) is 3. The Bertz CT molecular complexity index is 1790. The van der Waals surface area contributed by atoms with Gasteiger partial charge in [0.2, 0.25) is 0 Å². The first-order chi connectivity index (χ1) is 21.5. The first-order valence-corrected chi connectivity index (χ1v) is 15.8. The fraction of sp³-hybridized carbons (Fsp3) is 0.244. The highest BCUT2D eigenvalue weighted by atomic mass is 15.0. The maximum atomic E-state index is 4.76. The SMILES string of the molecule is C=C(NC(C/C(=C/C)c1ccccc1C)/C(=C/C)NCCc1ccccc1)c1cccc(-c2cc(C)c3c(c2)=CCCN=3)c1. The number of hydrogen-bond donors (Lipinski definition) is 2. The molecule has 1 atom stereocenters. The minimum atomic E-state index is 0.0277. The zero-order valence-electron chi connectivity index (χ0n) is 26.7. The Morgan fingerprint density at radius 1 is 0.864 bits per heavy atom. The number of nitrogens with one attached hydrogen (secondary N) is 2. The molecule has 0 amide bonds. The van der Waals surface area contributed by atoms with Gasteiger partial charge in [-0.25, -0.2) is 0 Å². The number of fused-ring (bicyclic) bond motifs is 1. The highest BCUT2D eigenvalue weighted by Crippen LogP contribution is 2.27. The molecule has 1 aliphatic heterocycles. The van der Waals surface area contributed by atoms with Gasteiger partial charge in [-0.1, -0.05) is 97.6 Å². The Balaban J connectivity index is 1.41. The monoisotopic (exact) mass is 579 g/mol. The molecule has 1 unspecified atom stereocenters. The van der Waals surface area contributed by atoms with Crippen LogP contribution in [0.5, 0.6) is 0 Å².